The van der Waals surface area contributed by atoms with Gasteiger partial charge >= 0.3 is 0 Å². The molecular formula is C10H7IN2OS. The molecule has 0 aliphatic carbocycles. The number of amides is 1. The standard InChI is InChI=1S/C10H7IN2OS/c11-7-3-1-2-6(4-7)5-8-9(14)13-10(15)12-8/h1-5H,(H2,12,13,14,15). The van der Waals surface area contributed by atoms with Crippen LogP contribution < -0.4 is 10.6 Å². The average molecular weight is 330 g/mol. The van der Waals surface area contributed by atoms with Crippen molar-refractivity contribution in [3.8, 4) is 0 Å². The summed E-state index contributed by atoms with van der Waals surface area (Å²) < 4.78 is 1.13. The van der Waals surface area contributed by atoms with Crippen LogP contribution >= 0.6 is 34.8 Å². The number of nitrogens with one attached hydrogen (secondary N) is 2. The van der Waals surface area contributed by atoms with Gasteiger partial charge in [-0.1, -0.05) is 12.1 Å². The highest BCUT2D eigenvalue weighted by Gasteiger charge is 2.19. The van der Waals surface area contributed by atoms with Crippen molar-refractivity contribution in [2.75, 3.05) is 0 Å². The van der Waals surface area contributed by atoms with Gasteiger partial charge in [0.1, 0.15) is 5.70 Å². The highest BCUT2D eigenvalue weighted by atomic mass is 127. The zero-order chi connectivity index (χ0) is 10.8. The number of benzene rings is 1. The summed E-state index contributed by atoms with van der Waals surface area (Å²) in [6.45, 7) is 0. The second kappa shape index (κ2) is 4.28. The van der Waals surface area contributed by atoms with Crippen molar-refractivity contribution in [2.45, 2.75) is 0 Å². The fourth-order valence-electron chi connectivity index (χ4n) is 1.25. The third-order valence-electron chi connectivity index (χ3n) is 1.88. The molecule has 1 heterocycles. The SMILES string of the molecule is O=C1NC(=S)NC1=Cc1cccc(I)c1. The van der Waals surface area contributed by atoms with Crippen LogP contribution in [0.2, 0.25) is 0 Å². The van der Waals surface area contributed by atoms with Crippen molar-refractivity contribution in [1.82, 2.24) is 10.6 Å². The van der Waals surface area contributed by atoms with E-state index in [4.69, 9.17) is 12.2 Å². The summed E-state index contributed by atoms with van der Waals surface area (Å²) in [5.74, 6) is -0.182. The van der Waals surface area contributed by atoms with E-state index in [2.05, 4.69) is 33.2 Å². The third kappa shape index (κ3) is 2.54. The van der Waals surface area contributed by atoms with Gasteiger partial charge in [-0.3, -0.25) is 10.1 Å². The Labute approximate surface area is 106 Å². The largest absolute Gasteiger partial charge is 0.328 e. The van der Waals surface area contributed by atoms with E-state index >= 15 is 0 Å². The van der Waals surface area contributed by atoms with Crippen molar-refractivity contribution < 1.29 is 4.79 Å². The van der Waals surface area contributed by atoms with Gasteiger partial charge in [0.2, 0.25) is 0 Å². The molecule has 3 nitrogen and oxygen atoms in total. The molecule has 76 valence electrons. The van der Waals surface area contributed by atoms with Crippen molar-refractivity contribution in [3.63, 3.8) is 0 Å². The first kappa shape index (κ1) is 10.6. The fraction of sp³-hybridized carbons (Fsp3) is 0. The minimum atomic E-state index is -0.182. The summed E-state index contributed by atoms with van der Waals surface area (Å²) >= 11 is 7.06. The van der Waals surface area contributed by atoms with Crippen molar-refractivity contribution in [3.05, 3.63) is 39.1 Å². The Balaban J connectivity index is 2.31. The number of rotatable bonds is 1. The lowest BCUT2D eigenvalue weighted by Crippen LogP contribution is -2.21. The summed E-state index contributed by atoms with van der Waals surface area (Å²) in [7, 11) is 0. The summed E-state index contributed by atoms with van der Waals surface area (Å²) in [5, 5.41) is 5.67. The smallest absolute Gasteiger partial charge is 0.273 e. The lowest BCUT2D eigenvalue weighted by Gasteiger charge is -1.97. The quantitative estimate of drug-likeness (QED) is 0.467. The molecule has 1 aliphatic rings. The highest BCUT2D eigenvalue weighted by molar-refractivity contribution is 14.1. The van der Waals surface area contributed by atoms with Crippen LogP contribution in [0.3, 0.4) is 0 Å². The van der Waals surface area contributed by atoms with Crippen molar-refractivity contribution >= 4 is 51.9 Å². The minimum absolute atomic E-state index is 0.182. The Bertz CT molecular complexity index is 470. The second-order valence-electron chi connectivity index (χ2n) is 3.02. The summed E-state index contributed by atoms with van der Waals surface area (Å²) in [6, 6.07) is 7.87. The maximum atomic E-state index is 11.3. The van der Waals surface area contributed by atoms with Crippen LogP contribution in [-0.2, 0) is 4.79 Å². The maximum Gasteiger partial charge on any atom is 0.273 e. The molecule has 0 unspecified atom stereocenters. The van der Waals surface area contributed by atoms with E-state index in [1.54, 1.807) is 6.08 Å². The molecule has 1 amide bonds. The molecule has 1 saturated heterocycles. The molecule has 0 aromatic heterocycles. The molecule has 1 aromatic rings. The molecular weight excluding hydrogens is 323 g/mol. The van der Waals surface area contributed by atoms with Gasteiger partial charge in [0, 0.05) is 3.57 Å². The van der Waals surface area contributed by atoms with Crippen LogP contribution in [0.25, 0.3) is 6.08 Å². The van der Waals surface area contributed by atoms with E-state index in [9.17, 15) is 4.79 Å². The lowest BCUT2D eigenvalue weighted by molar-refractivity contribution is -0.115. The molecule has 0 radical (unpaired) electrons. The average Bonchev–Trinajstić information content (AvgIpc) is 2.45. The molecule has 0 saturated carbocycles. The Kier molecular flexibility index (Phi) is 3.01. The van der Waals surface area contributed by atoms with E-state index in [0.29, 0.717) is 10.8 Å². The molecule has 15 heavy (non-hydrogen) atoms. The number of carbonyl (C=O) groups excluding carboxylic acids is 1. The molecule has 2 rings (SSSR count). The third-order valence-corrected chi connectivity index (χ3v) is 2.75. The van der Waals surface area contributed by atoms with Gasteiger partial charge in [-0.25, -0.2) is 0 Å². The van der Waals surface area contributed by atoms with Crippen LogP contribution in [0.4, 0.5) is 0 Å². The van der Waals surface area contributed by atoms with E-state index in [0.717, 1.165) is 9.13 Å². The van der Waals surface area contributed by atoms with Crippen molar-refractivity contribution in [1.29, 1.82) is 0 Å². The molecule has 5 heteroatoms. The van der Waals surface area contributed by atoms with Crippen molar-refractivity contribution in [2.24, 2.45) is 0 Å². The van der Waals surface area contributed by atoms with E-state index in [1.807, 2.05) is 24.3 Å². The predicted molar refractivity (Wildman–Crippen MR) is 71.0 cm³/mol. The fourth-order valence-corrected chi connectivity index (χ4v) is 2.02. The van der Waals surface area contributed by atoms with Crippen LogP contribution in [0.5, 0.6) is 0 Å². The first-order chi connectivity index (χ1) is 7.15. The van der Waals surface area contributed by atoms with Crippen LogP contribution in [0.1, 0.15) is 5.56 Å². The zero-order valence-corrected chi connectivity index (χ0v) is 10.6. The summed E-state index contributed by atoms with van der Waals surface area (Å²) in [6.07, 6.45) is 1.77. The Morgan fingerprint density at radius 3 is 2.73 bits per heavy atom. The lowest BCUT2D eigenvalue weighted by atomic mass is 10.2. The highest BCUT2D eigenvalue weighted by Crippen LogP contribution is 2.12. The molecule has 0 bridgehead atoms. The number of hydrogen-bond donors (Lipinski definition) is 2. The normalized spacial score (nSPS) is 17.8. The van der Waals surface area contributed by atoms with Gasteiger partial charge in [-0.15, -0.1) is 0 Å². The van der Waals surface area contributed by atoms with E-state index < -0.39 is 0 Å². The Morgan fingerprint density at radius 1 is 1.33 bits per heavy atom. The first-order valence-electron chi connectivity index (χ1n) is 4.25. The van der Waals surface area contributed by atoms with Gasteiger partial charge < -0.3 is 5.32 Å². The number of halogens is 1. The Hall–Kier alpha value is -0.950. The number of thiocarbonyl (C=S) groups is 1. The molecule has 1 aromatic carbocycles. The minimum Gasteiger partial charge on any atom is -0.328 e. The van der Waals surface area contributed by atoms with Crippen LogP contribution in [0, 0.1) is 3.57 Å². The van der Waals surface area contributed by atoms with E-state index in [1.165, 1.54) is 0 Å². The molecule has 2 N–H and O–H groups in total. The zero-order valence-electron chi connectivity index (χ0n) is 7.58. The van der Waals surface area contributed by atoms with E-state index in [-0.39, 0.29) is 5.91 Å². The van der Waals surface area contributed by atoms with Crippen LogP contribution in [0.15, 0.2) is 30.0 Å². The van der Waals surface area contributed by atoms with Gasteiger partial charge in [0.15, 0.2) is 5.11 Å². The monoisotopic (exact) mass is 330 g/mol. The summed E-state index contributed by atoms with van der Waals surface area (Å²) in [5.41, 5.74) is 1.46. The number of carbonyl (C=O) groups is 1. The second-order valence-corrected chi connectivity index (χ2v) is 4.68. The Morgan fingerprint density at radius 2 is 2.13 bits per heavy atom. The first-order valence-corrected chi connectivity index (χ1v) is 5.73. The topological polar surface area (TPSA) is 41.1 Å². The van der Waals surface area contributed by atoms with Gasteiger partial charge in [-0.2, -0.15) is 0 Å². The van der Waals surface area contributed by atoms with Gasteiger partial charge in [0.25, 0.3) is 5.91 Å². The molecule has 1 fully saturated rings. The van der Waals surface area contributed by atoms with Gasteiger partial charge in [0.05, 0.1) is 0 Å². The maximum absolute atomic E-state index is 11.3. The molecule has 1 aliphatic heterocycles. The number of hydrogen-bond acceptors (Lipinski definition) is 2. The van der Waals surface area contributed by atoms with Gasteiger partial charge in [-0.05, 0) is 58.6 Å². The molecule has 0 spiro atoms. The summed E-state index contributed by atoms with van der Waals surface area (Å²) in [4.78, 5) is 11.3. The predicted octanol–water partition coefficient (Wildman–Crippen LogP) is 1.64. The van der Waals surface area contributed by atoms with Crippen LogP contribution in [-0.4, -0.2) is 11.0 Å². The molecule has 0 atom stereocenters.